The number of rotatable bonds is 6. The number of hydrogen-bond acceptors (Lipinski definition) is 5. The van der Waals surface area contributed by atoms with Gasteiger partial charge in [-0.25, -0.2) is 4.98 Å². The molecule has 0 bridgehead atoms. The zero-order chi connectivity index (χ0) is 15.2. The molecule has 2 aromatic rings. The molecule has 1 aromatic carbocycles. The van der Waals surface area contributed by atoms with Gasteiger partial charge in [0.1, 0.15) is 23.1 Å². The quantitative estimate of drug-likeness (QED) is 0.887. The molecule has 0 saturated heterocycles. The molecule has 2 N–H and O–H groups in total. The summed E-state index contributed by atoms with van der Waals surface area (Å²) in [6.07, 6.45) is 0. The molecule has 0 saturated carbocycles. The first kappa shape index (κ1) is 15.5. The lowest BCUT2D eigenvalue weighted by Gasteiger charge is -2.16. The van der Waals surface area contributed by atoms with Crippen LogP contribution in [0.1, 0.15) is 21.1 Å². The topological polar surface area (TPSA) is 68.5 Å². The van der Waals surface area contributed by atoms with E-state index in [0.717, 1.165) is 16.3 Å². The minimum absolute atomic E-state index is 0.112. The highest BCUT2D eigenvalue weighted by atomic mass is 32.1. The van der Waals surface area contributed by atoms with Gasteiger partial charge in [-0.15, -0.1) is 11.3 Å². The van der Waals surface area contributed by atoms with E-state index in [0.29, 0.717) is 25.4 Å². The fourth-order valence-corrected chi connectivity index (χ4v) is 2.45. The molecule has 0 aliphatic carbocycles. The lowest BCUT2D eigenvalue weighted by atomic mass is 10.2. The molecule has 1 heterocycles. The van der Waals surface area contributed by atoms with Crippen LogP contribution < -0.4 is 10.5 Å². The molecular formula is C15H19N3O2S. The average Bonchev–Trinajstić information content (AvgIpc) is 2.95. The molecule has 2 rings (SSSR count). The van der Waals surface area contributed by atoms with E-state index in [9.17, 15) is 4.79 Å². The number of nitrogens with zero attached hydrogens (tertiary/aromatic N) is 2. The number of nitrogens with two attached hydrogens (primary N) is 1. The highest BCUT2D eigenvalue weighted by Gasteiger charge is 2.15. The molecule has 0 radical (unpaired) electrons. The molecule has 0 atom stereocenters. The molecule has 0 aliphatic rings. The summed E-state index contributed by atoms with van der Waals surface area (Å²) in [6.45, 7) is 3.32. The van der Waals surface area contributed by atoms with Crippen molar-refractivity contribution < 1.29 is 9.53 Å². The number of carbonyl (C=O) groups is 1. The van der Waals surface area contributed by atoms with Crippen molar-refractivity contribution in [2.75, 3.05) is 20.2 Å². The van der Waals surface area contributed by atoms with Crippen LogP contribution >= 0.6 is 11.3 Å². The van der Waals surface area contributed by atoms with E-state index < -0.39 is 0 Å². The van der Waals surface area contributed by atoms with Crippen LogP contribution in [0.5, 0.6) is 5.75 Å². The zero-order valence-corrected chi connectivity index (χ0v) is 13.0. The first-order valence-electron chi connectivity index (χ1n) is 6.69. The molecule has 1 amide bonds. The van der Waals surface area contributed by atoms with Gasteiger partial charge < -0.3 is 15.4 Å². The monoisotopic (exact) mass is 305 g/mol. The van der Waals surface area contributed by atoms with Crippen molar-refractivity contribution in [2.45, 2.75) is 13.5 Å². The molecule has 5 nitrogen and oxygen atoms in total. The van der Waals surface area contributed by atoms with Gasteiger partial charge in [-0.1, -0.05) is 12.1 Å². The molecule has 21 heavy (non-hydrogen) atoms. The average molecular weight is 305 g/mol. The lowest BCUT2D eigenvalue weighted by Crippen LogP contribution is -2.31. The Balaban J connectivity index is 1.84. The minimum Gasteiger partial charge on any atom is -0.492 e. The second-order valence-corrected chi connectivity index (χ2v) is 5.66. The molecule has 0 aliphatic heterocycles. The standard InChI is InChI=1S/C15H19N3O2S/c1-11-4-3-5-12(8-11)20-7-6-18(2)15(19)13-10-21-14(9-16)17-13/h3-5,8,10H,6-7,9,16H2,1-2H3. The summed E-state index contributed by atoms with van der Waals surface area (Å²) in [5.74, 6) is 0.703. The maximum Gasteiger partial charge on any atom is 0.273 e. The number of ether oxygens (including phenoxy) is 1. The Morgan fingerprint density at radius 2 is 2.29 bits per heavy atom. The van der Waals surface area contributed by atoms with Gasteiger partial charge in [-0.2, -0.15) is 0 Å². The summed E-state index contributed by atoms with van der Waals surface area (Å²) < 4.78 is 5.64. The molecule has 1 aromatic heterocycles. The molecular weight excluding hydrogens is 286 g/mol. The summed E-state index contributed by atoms with van der Waals surface area (Å²) >= 11 is 1.40. The lowest BCUT2D eigenvalue weighted by molar-refractivity contribution is 0.0768. The Labute approximate surface area is 128 Å². The number of thiazole rings is 1. The van der Waals surface area contributed by atoms with Crippen molar-refractivity contribution in [1.82, 2.24) is 9.88 Å². The van der Waals surface area contributed by atoms with E-state index >= 15 is 0 Å². The van der Waals surface area contributed by atoms with E-state index in [-0.39, 0.29) is 5.91 Å². The Kier molecular flexibility index (Phi) is 5.30. The van der Waals surface area contributed by atoms with Crippen LogP contribution in [-0.4, -0.2) is 36.0 Å². The molecule has 0 spiro atoms. The smallest absolute Gasteiger partial charge is 0.273 e. The third kappa shape index (κ3) is 4.27. The Hall–Kier alpha value is -1.92. The van der Waals surface area contributed by atoms with Crippen molar-refractivity contribution >= 4 is 17.2 Å². The maximum atomic E-state index is 12.1. The van der Waals surface area contributed by atoms with Crippen LogP contribution in [0.15, 0.2) is 29.6 Å². The van der Waals surface area contributed by atoms with Crippen molar-refractivity contribution in [3.05, 3.63) is 45.9 Å². The van der Waals surface area contributed by atoms with Gasteiger partial charge in [0.25, 0.3) is 5.91 Å². The first-order chi connectivity index (χ1) is 10.1. The largest absolute Gasteiger partial charge is 0.492 e. The molecule has 0 fully saturated rings. The number of benzene rings is 1. The highest BCUT2D eigenvalue weighted by molar-refractivity contribution is 7.09. The van der Waals surface area contributed by atoms with Crippen LogP contribution in [0.2, 0.25) is 0 Å². The molecule has 0 unspecified atom stereocenters. The van der Waals surface area contributed by atoms with Gasteiger partial charge in [0.05, 0.1) is 6.54 Å². The van der Waals surface area contributed by atoms with Gasteiger partial charge in [-0.3, -0.25) is 4.79 Å². The van der Waals surface area contributed by atoms with Crippen LogP contribution in [0.3, 0.4) is 0 Å². The normalized spacial score (nSPS) is 10.4. The summed E-state index contributed by atoms with van der Waals surface area (Å²) in [4.78, 5) is 17.9. The van der Waals surface area contributed by atoms with E-state index in [4.69, 9.17) is 10.5 Å². The molecule has 112 valence electrons. The predicted molar refractivity (Wildman–Crippen MR) is 83.6 cm³/mol. The summed E-state index contributed by atoms with van der Waals surface area (Å²) in [5, 5.41) is 2.50. The predicted octanol–water partition coefficient (Wildman–Crippen LogP) is 2.06. The van der Waals surface area contributed by atoms with Crippen molar-refractivity contribution in [1.29, 1.82) is 0 Å². The number of amides is 1. The maximum absolute atomic E-state index is 12.1. The third-order valence-electron chi connectivity index (χ3n) is 2.98. The Bertz CT molecular complexity index is 612. The first-order valence-corrected chi connectivity index (χ1v) is 7.57. The number of likely N-dealkylation sites (N-methyl/N-ethyl adjacent to an activating group) is 1. The van der Waals surface area contributed by atoms with E-state index in [2.05, 4.69) is 4.98 Å². The summed E-state index contributed by atoms with van der Waals surface area (Å²) in [5.41, 5.74) is 7.09. The van der Waals surface area contributed by atoms with E-state index in [1.807, 2.05) is 31.2 Å². The second-order valence-electron chi connectivity index (χ2n) is 4.72. The van der Waals surface area contributed by atoms with E-state index in [1.165, 1.54) is 11.3 Å². The minimum atomic E-state index is -0.112. The van der Waals surface area contributed by atoms with E-state index in [1.54, 1.807) is 17.3 Å². The van der Waals surface area contributed by atoms with Gasteiger partial charge in [0.2, 0.25) is 0 Å². The zero-order valence-electron chi connectivity index (χ0n) is 12.2. The van der Waals surface area contributed by atoms with Gasteiger partial charge in [0.15, 0.2) is 0 Å². The third-order valence-corrected chi connectivity index (χ3v) is 3.85. The van der Waals surface area contributed by atoms with Crippen molar-refractivity contribution in [3.63, 3.8) is 0 Å². The van der Waals surface area contributed by atoms with Gasteiger partial charge in [-0.05, 0) is 24.6 Å². The highest BCUT2D eigenvalue weighted by Crippen LogP contribution is 2.13. The van der Waals surface area contributed by atoms with Crippen molar-refractivity contribution in [2.24, 2.45) is 5.73 Å². The van der Waals surface area contributed by atoms with Gasteiger partial charge >= 0.3 is 0 Å². The number of aromatic nitrogens is 1. The van der Waals surface area contributed by atoms with Crippen LogP contribution in [0.4, 0.5) is 0 Å². The number of carbonyl (C=O) groups excluding carboxylic acids is 1. The Morgan fingerprint density at radius 3 is 2.95 bits per heavy atom. The van der Waals surface area contributed by atoms with Crippen LogP contribution in [-0.2, 0) is 6.54 Å². The Morgan fingerprint density at radius 1 is 1.48 bits per heavy atom. The summed E-state index contributed by atoms with van der Waals surface area (Å²) in [6, 6.07) is 7.83. The SMILES string of the molecule is Cc1cccc(OCCN(C)C(=O)c2csc(CN)n2)c1. The van der Waals surface area contributed by atoms with Crippen LogP contribution in [0, 0.1) is 6.92 Å². The van der Waals surface area contributed by atoms with Crippen LogP contribution in [0.25, 0.3) is 0 Å². The fourth-order valence-electron chi connectivity index (χ4n) is 1.81. The summed E-state index contributed by atoms with van der Waals surface area (Å²) in [7, 11) is 1.74. The number of hydrogen-bond donors (Lipinski definition) is 1. The van der Waals surface area contributed by atoms with Crippen molar-refractivity contribution in [3.8, 4) is 5.75 Å². The second kappa shape index (κ2) is 7.19. The number of aryl methyl sites for hydroxylation is 1. The fraction of sp³-hybridized carbons (Fsp3) is 0.333. The van der Waals surface area contributed by atoms with Gasteiger partial charge in [0, 0.05) is 19.0 Å². The molecule has 6 heteroatoms.